The van der Waals surface area contributed by atoms with E-state index in [-0.39, 0.29) is 12.1 Å². The number of carbonyl (C=O) groups excluding carboxylic acids is 1. The van der Waals surface area contributed by atoms with Crippen LogP contribution >= 0.6 is 0 Å². The molecule has 1 fully saturated rings. The molecule has 28 heavy (non-hydrogen) atoms. The van der Waals surface area contributed by atoms with Crippen molar-refractivity contribution in [1.82, 2.24) is 5.06 Å². The largest absolute Gasteiger partial charge is 0.303 e. The quantitative estimate of drug-likeness (QED) is 0.572. The zero-order valence-electron chi connectivity index (χ0n) is 16.3. The Morgan fingerprint density at radius 1 is 0.929 bits per heavy atom. The molecular formula is C25H25NO2. The summed E-state index contributed by atoms with van der Waals surface area (Å²) in [5.74, 6) is 0. The average molecular weight is 371 g/mol. The van der Waals surface area contributed by atoms with E-state index < -0.39 is 5.41 Å². The van der Waals surface area contributed by atoms with Gasteiger partial charge in [-0.1, -0.05) is 90.5 Å². The van der Waals surface area contributed by atoms with Crippen LogP contribution in [0.2, 0.25) is 0 Å². The smallest absolute Gasteiger partial charge is 0.130 e. The molecular weight excluding hydrogens is 346 g/mol. The van der Waals surface area contributed by atoms with Crippen molar-refractivity contribution >= 4 is 6.29 Å². The van der Waals surface area contributed by atoms with Crippen LogP contribution in [-0.2, 0) is 9.63 Å². The third-order valence-electron chi connectivity index (χ3n) is 5.55. The molecule has 1 heterocycles. The SMILES string of the molecule is Cc1ccc([C@H]2N(C(c3ccccc3)c3ccccc3)OC[C@]2(C)C=O)cc1. The summed E-state index contributed by atoms with van der Waals surface area (Å²) < 4.78 is 0. The lowest BCUT2D eigenvalue weighted by atomic mass is 9.80. The van der Waals surface area contributed by atoms with Gasteiger partial charge in [-0.25, -0.2) is 0 Å². The lowest BCUT2D eigenvalue weighted by Gasteiger charge is -2.35. The molecule has 0 spiro atoms. The maximum atomic E-state index is 12.1. The summed E-state index contributed by atoms with van der Waals surface area (Å²) in [5.41, 5.74) is 3.96. The Morgan fingerprint density at radius 2 is 1.46 bits per heavy atom. The second-order valence-corrected chi connectivity index (χ2v) is 7.79. The van der Waals surface area contributed by atoms with E-state index in [1.165, 1.54) is 5.56 Å². The molecule has 0 bridgehead atoms. The summed E-state index contributed by atoms with van der Waals surface area (Å²) in [6.45, 7) is 4.42. The Hall–Kier alpha value is -2.75. The van der Waals surface area contributed by atoms with Crippen LogP contribution in [0.3, 0.4) is 0 Å². The van der Waals surface area contributed by atoms with E-state index in [9.17, 15) is 4.79 Å². The normalized spacial score (nSPS) is 22.5. The lowest BCUT2D eigenvalue weighted by molar-refractivity contribution is -0.156. The minimum absolute atomic E-state index is 0.101. The van der Waals surface area contributed by atoms with Crippen LogP contribution in [0.15, 0.2) is 84.9 Å². The van der Waals surface area contributed by atoms with E-state index >= 15 is 0 Å². The first-order valence-corrected chi connectivity index (χ1v) is 9.66. The number of aldehydes is 1. The van der Waals surface area contributed by atoms with Crippen molar-refractivity contribution in [2.75, 3.05) is 6.61 Å². The van der Waals surface area contributed by atoms with Crippen LogP contribution in [0.1, 0.15) is 41.3 Å². The highest BCUT2D eigenvalue weighted by Gasteiger charge is 2.49. The molecule has 0 N–H and O–H groups in total. The van der Waals surface area contributed by atoms with Gasteiger partial charge in [0.05, 0.1) is 24.1 Å². The van der Waals surface area contributed by atoms with E-state index in [1.807, 2.05) is 48.4 Å². The predicted octanol–water partition coefficient (Wildman–Crippen LogP) is 5.28. The van der Waals surface area contributed by atoms with Crippen molar-refractivity contribution in [2.45, 2.75) is 25.9 Å². The van der Waals surface area contributed by atoms with E-state index in [0.29, 0.717) is 6.61 Å². The Kier molecular flexibility index (Phi) is 5.12. The maximum absolute atomic E-state index is 12.1. The van der Waals surface area contributed by atoms with Gasteiger partial charge in [0.1, 0.15) is 6.29 Å². The summed E-state index contributed by atoms with van der Waals surface area (Å²) >= 11 is 0. The number of hydrogen-bond acceptors (Lipinski definition) is 3. The number of hydrogen-bond donors (Lipinski definition) is 0. The second kappa shape index (κ2) is 7.70. The maximum Gasteiger partial charge on any atom is 0.130 e. The van der Waals surface area contributed by atoms with E-state index in [1.54, 1.807) is 0 Å². The highest BCUT2D eigenvalue weighted by Crippen LogP contribution is 2.48. The van der Waals surface area contributed by atoms with Gasteiger partial charge >= 0.3 is 0 Å². The van der Waals surface area contributed by atoms with Crippen molar-refractivity contribution in [3.8, 4) is 0 Å². The van der Waals surface area contributed by atoms with Crippen molar-refractivity contribution < 1.29 is 9.63 Å². The zero-order valence-corrected chi connectivity index (χ0v) is 16.3. The van der Waals surface area contributed by atoms with E-state index in [0.717, 1.165) is 23.0 Å². The number of nitrogens with zero attached hydrogens (tertiary/aromatic N) is 1. The number of hydroxylamine groups is 2. The summed E-state index contributed by atoms with van der Waals surface area (Å²) in [4.78, 5) is 18.3. The van der Waals surface area contributed by atoms with Gasteiger partial charge < -0.3 is 4.79 Å². The third kappa shape index (κ3) is 3.39. The van der Waals surface area contributed by atoms with Gasteiger partial charge in [-0.15, -0.1) is 0 Å². The number of aryl methyl sites for hydroxylation is 1. The topological polar surface area (TPSA) is 29.5 Å². The first-order valence-electron chi connectivity index (χ1n) is 9.66. The molecule has 0 unspecified atom stereocenters. The molecule has 3 aromatic rings. The van der Waals surface area contributed by atoms with Crippen molar-refractivity contribution in [3.05, 3.63) is 107 Å². The van der Waals surface area contributed by atoms with Gasteiger partial charge in [0.25, 0.3) is 0 Å². The fourth-order valence-corrected chi connectivity index (χ4v) is 4.01. The van der Waals surface area contributed by atoms with Crippen molar-refractivity contribution in [2.24, 2.45) is 5.41 Å². The molecule has 4 rings (SSSR count). The predicted molar refractivity (Wildman–Crippen MR) is 111 cm³/mol. The van der Waals surface area contributed by atoms with E-state index in [2.05, 4.69) is 55.5 Å². The summed E-state index contributed by atoms with van der Waals surface area (Å²) in [5, 5.41) is 2.02. The van der Waals surface area contributed by atoms with Gasteiger partial charge in [0, 0.05) is 0 Å². The minimum Gasteiger partial charge on any atom is -0.303 e. The molecule has 3 heteroatoms. The number of benzene rings is 3. The molecule has 0 amide bonds. The van der Waals surface area contributed by atoms with Crippen LogP contribution in [0.4, 0.5) is 0 Å². The fourth-order valence-electron chi connectivity index (χ4n) is 4.01. The molecule has 1 saturated heterocycles. The van der Waals surface area contributed by atoms with Crippen LogP contribution in [0, 0.1) is 12.3 Å². The van der Waals surface area contributed by atoms with Crippen LogP contribution < -0.4 is 0 Å². The van der Waals surface area contributed by atoms with Crippen molar-refractivity contribution in [1.29, 1.82) is 0 Å². The number of carbonyl (C=O) groups is 1. The molecule has 3 nitrogen and oxygen atoms in total. The van der Waals surface area contributed by atoms with Crippen LogP contribution in [0.25, 0.3) is 0 Å². The first kappa shape index (κ1) is 18.6. The molecule has 0 aromatic heterocycles. The summed E-state index contributed by atoms with van der Waals surface area (Å²) in [7, 11) is 0. The van der Waals surface area contributed by atoms with Gasteiger partial charge in [0.2, 0.25) is 0 Å². The fraction of sp³-hybridized carbons (Fsp3) is 0.240. The average Bonchev–Trinajstić information content (AvgIpc) is 3.08. The molecule has 0 radical (unpaired) electrons. The molecule has 1 aliphatic rings. The molecule has 0 saturated carbocycles. The summed E-state index contributed by atoms with van der Waals surface area (Å²) in [6.07, 6.45) is 1.05. The molecule has 142 valence electrons. The Labute approximate surface area is 166 Å². The zero-order chi connectivity index (χ0) is 19.6. The van der Waals surface area contributed by atoms with Crippen molar-refractivity contribution in [3.63, 3.8) is 0 Å². The molecule has 0 aliphatic carbocycles. The molecule has 2 atom stereocenters. The van der Waals surface area contributed by atoms with Gasteiger partial charge in [-0.3, -0.25) is 4.84 Å². The Bertz CT molecular complexity index is 884. The second-order valence-electron chi connectivity index (χ2n) is 7.79. The Balaban J connectivity index is 1.84. The van der Waals surface area contributed by atoms with Crippen LogP contribution in [0.5, 0.6) is 0 Å². The highest BCUT2D eigenvalue weighted by atomic mass is 16.7. The third-order valence-corrected chi connectivity index (χ3v) is 5.55. The monoisotopic (exact) mass is 371 g/mol. The minimum atomic E-state index is -0.614. The lowest BCUT2D eigenvalue weighted by Crippen LogP contribution is -2.34. The van der Waals surface area contributed by atoms with Gasteiger partial charge in [0.15, 0.2) is 0 Å². The van der Waals surface area contributed by atoms with Gasteiger partial charge in [-0.2, -0.15) is 5.06 Å². The Morgan fingerprint density at radius 3 is 1.96 bits per heavy atom. The summed E-state index contributed by atoms with van der Waals surface area (Å²) in [6, 6.07) is 28.8. The highest BCUT2D eigenvalue weighted by molar-refractivity contribution is 5.62. The standard InChI is InChI=1S/C25H25NO2/c1-19-13-15-22(16-14-19)24-25(2,17-27)18-28-26(24)23(20-9-5-3-6-10-20)21-11-7-4-8-12-21/h3-17,23-24H,18H2,1-2H3/t24-,25+/m1/s1. The van der Waals surface area contributed by atoms with Crippen LogP contribution in [-0.4, -0.2) is 18.0 Å². The molecule has 3 aromatic carbocycles. The molecule has 1 aliphatic heterocycles. The number of rotatable bonds is 5. The van der Waals surface area contributed by atoms with Gasteiger partial charge in [-0.05, 0) is 30.5 Å². The van der Waals surface area contributed by atoms with E-state index in [4.69, 9.17) is 4.84 Å². The first-order chi connectivity index (χ1) is 13.6.